The van der Waals surface area contributed by atoms with Crippen LogP contribution in [0.5, 0.6) is 0 Å². The van der Waals surface area contributed by atoms with Gasteiger partial charge in [0.15, 0.2) is 5.13 Å². The molecule has 0 saturated heterocycles. The molecule has 0 aliphatic heterocycles. The van der Waals surface area contributed by atoms with Gasteiger partial charge in [0, 0.05) is 5.38 Å². The Bertz CT molecular complexity index is 334. The highest BCUT2D eigenvalue weighted by Crippen LogP contribution is 2.15. The minimum Gasteiger partial charge on any atom is -0.469 e. The monoisotopic (exact) mass is 292 g/mol. The van der Waals surface area contributed by atoms with Gasteiger partial charge in [-0.1, -0.05) is 15.9 Å². The molecule has 1 N–H and O–H groups in total. The summed E-state index contributed by atoms with van der Waals surface area (Å²) in [4.78, 5) is 26.0. The number of carbonyl (C=O) groups is 2. The third-order valence-corrected chi connectivity index (χ3v) is 2.79. The van der Waals surface area contributed by atoms with E-state index in [0.29, 0.717) is 10.8 Å². The first-order valence-electron chi connectivity index (χ1n) is 4.02. The van der Waals surface area contributed by atoms with Crippen molar-refractivity contribution in [1.82, 2.24) is 4.98 Å². The van der Waals surface area contributed by atoms with Crippen LogP contribution in [-0.2, 0) is 20.7 Å². The number of ether oxygens (including phenoxy) is 1. The summed E-state index contributed by atoms with van der Waals surface area (Å²) in [6.45, 7) is 0. The summed E-state index contributed by atoms with van der Waals surface area (Å²) >= 11 is 4.30. The van der Waals surface area contributed by atoms with E-state index in [0.717, 1.165) is 0 Å². The van der Waals surface area contributed by atoms with E-state index in [-0.39, 0.29) is 23.6 Å². The number of methoxy groups -OCH3 is 1. The minimum absolute atomic E-state index is 0.122. The van der Waals surface area contributed by atoms with Crippen LogP contribution in [0.4, 0.5) is 5.13 Å². The number of nitrogens with one attached hydrogen (secondary N) is 1. The third-order valence-electron chi connectivity index (χ3n) is 1.47. The number of nitrogens with zero attached hydrogens (tertiary/aromatic N) is 1. The van der Waals surface area contributed by atoms with E-state index in [1.165, 1.54) is 18.4 Å². The third kappa shape index (κ3) is 3.96. The van der Waals surface area contributed by atoms with Crippen LogP contribution in [-0.4, -0.2) is 29.3 Å². The highest BCUT2D eigenvalue weighted by Gasteiger charge is 2.08. The summed E-state index contributed by atoms with van der Waals surface area (Å²) in [5.41, 5.74) is 0.594. The zero-order chi connectivity index (χ0) is 11.3. The Morgan fingerprint density at radius 1 is 1.67 bits per heavy atom. The average molecular weight is 293 g/mol. The van der Waals surface area contributed by atoms with Gasteiger partial charge in [0.2, 0.25) is 5.91 Å². The van der Waals surface area contributed by atoms with E-state index in [1.54, 1.807) is 5.38 Å². The van der Waals surface area contributed by atoms with Crippen LogP contribution >= 0.6 is 27.3 Å². The van der Waals surface area contributed by atoms with Crippen molar-refractivity contribution >= 4 is 44.3 Å². The maximum Gasteiger partial charge on any atom is 0.311 e. The fourth-order valence-electron chi connectivity index (χ4n) is 0.818. The number of anilines is 1. The van der Waals surface area contributed by atoms with Crippen LogP contribution < -0.4 is 5.32 Å². The molecule has 0 radical (unpaired) electrons. The second kappa shape index (κ2) is 5.82. The first-order valence-corrected chi connectivity index (χ1v) is 6.03. The molecule has 0 aromatic carbocycles. The zero-order valence-electron chi connectivity index (χ0n) is 7.95. The van der Waals surface area contributed by atoms with Gasteiger partial charge in [-0.2, -0.15) is 0 Å². The molecule has 1 aromatic heterocycles. The fourth-order valence-corrected chi connectivity index (χ4v) is 1.68. The van der Waals surface area contributed by atoms with Crippen molar-refractivity contribution in [3.05, 3.63) is 11.1 Å². The van der Waals surface area contributed by atoms with Gasteiger partial charge in [0.25, 0.3) is 0 Å². The molecule has 0 aliphatic carbocycles. The van der Waals surface area contributed by atoms with Crippen LogP contribution in [0.15, 0.2) is 5.38 Å². The van der Waals surface area contributed by atoms with Gasteiger partial charge in [-0.05, 0) is 0 Å². The van der Waals surface area contributed by atoms with Crippen molar-refractivity contribution in [2.45, 2.75) is 6.42 Å². The van der Waals surface area contributed by atoms with Crippen LogP contribution in [0.3, 0.4) is 0 Å². The lowest BCUT2D eigenvalue weighted by molar-refractivity contribution is -0.139. The quantitative estimate of drug-likeness (QED) is 0.669. The van der Waals surface area contributed by atoms with Crippen molar-refractivity contribution < 1.29 is 14.3 Å². The molecule has 0 aliphatic rings. The van der Waals surface area contributed by atoms with E-state index in [4.69, 9.17) is 0 Å². The Morgan fingerprint density at radius 2 is 2.40 bits per heavy atom. The van der Waals surface area contributed by atoms with Crippen molar-refractivity contribution in [2.24, 2.45) is 0 Å². The van der Waals surface area contributed by atoms with Gasteiger partial charge >= 0.3 is 5.97 Å². The summed E-state index contributed by atoms with van der Waals surface area (Å²) in [5, 5.41) is 4.99. The predicted octanol–water partition coefficient (Wildman–Crippen LogP) is 1.19. The standard InChI is InChI=1S/C8H9BrN2O3S/c1-14-7(13)2-5-4-15-8(10-5)11-6(12)3-9/h4H,2-3H2,1H3,(H,10,11,12). The van der Waals surface area contributed by atoms with E-state index in [9.17, 15) is 9.59 Å². The van der Waals surface area contributed by atoms with Crippen LogP contribution in [0.2, 0.25) is 0 Å². The first kappa shape index (κ1) is 12.1. The number of aromatic nitrogens is 1. The van der Waals surface area contributed by atoms with Crippen LogP contribution in [0, 0.1) is 0 Å². The topological polar surface area (TPSA) is 68.3 Å². The average Bonchev–Trinajstić information content (AvgIpc) is 2.65. The Labute approximate surface area is 99.0 Å². The number of esters is 1. The lowest BCUT2D eigenvalue weighted by atomic mass is 10.3. The molecule has 0 atom stereocenters. The van der Waals surface area contributed by atoms with E-state index < -0.39 is 0 Å². The number of alkyl halides is 1. The Hall–Kier alpha value is -0.950. The fraction of sp³-hybridized carbons (Fsp3) is 0.375. The largest absolute Gasteiger partial charge is 0.469 e. The van der Waals surface area contributed by atoms with Crippen molar-refractivity contribution in [1.29, 1.82) is 0 Å². The molecule has 0 saturated carbocycles. The number of carbonyl (C=O) groups excluding carboxylic acids is 2. The number of rotatable bonds is 4. The van der Waals surface area contributed by atoms with Crippen molar-refractivity contribution in [3.63, 3.8) is 0 Å². The van der Waals surface area contributed by atoms with Crippen molar-refractivity contribution in [2.75, 3.05) is 17.8 Å². The molecular weight excluding hydrogens is 284 g/mol. The Balaban J connectivity index is 2.56. The SMILES string of the molecule is COC(=O)Cc1csc(NC(=O)CBr)n1. The van der Waals surface area contributed by atoms with E-state index in [2.05, 4.69) is 31.0 Å². The molecule has 1 rings (SSSR count). The Morgan fingerprint density at radius 3 is 3.00 bits per heavy atom. The number of amides is 1. The maximum atomic E-state index is 11.0. The van der Waals surface area contributed by atoms with Crippen LogP contribution in [0.1, 0.15) is 5.69 Å². The molecule has 0 bridgehead atoms. The summed E-state index contributed by atoms with van der Waals surface area (Å²) in [6, 6.07) is 0. The summed E-state index contributed by atoms with van der Waals surface area (Å²) in [7, 11) is 1.32. The molecule has 15 heavy (non-hydrogen) atoms. The molecule has 0 fully saturated rings. The van der Waals surface area contributed by atoms with Gasteiger partial charge in [0.1, 0.15) is 0 Å². The molecule has 0 spiro atoms. The molecule has 5 nitrogen and oxygen atoms in total. The first-order chi connectivity index (χ1) is 7.15. The lowest BCUT2D eigenvalue weighted by Crippen LogP contribution is -2.12. The summed E-state index contributed by atoms with van der Waals surface area (Å²) in [6.07, 6.45) is 0.122. The highest BCUT2D eigenvalue weighted by atomic mass is 79.9. The number of halogens is 1. The molecule has 7 heteroatoms. The van der Waals surface area contributed by atoms with Gasteiger partial charge in [-0.15, -0.1) is 11.3 Å². The number of hydrogen-bond acceptors (Lipinski definition) is 5. The second-order valence-electron chi connectivity index (χ2n) is 2.58. The summed E-state index contributed by atoms with van der Waals surface area (Å²) in [5.74, 6) is -0.521. The van der Waals surface area contributed by atoms with Gasteiger partial charge in [0.05, 0.1) is 24.6 Å². The normalized spacial score (nSPS) is 9.73. The minimum atomic E-state index is -0.348. The second-order valence-corrected chi connectivity index (χ2v) is 4.00. The van der Waals surface area contributed by atoms with Gasteiger partial charge < -0.3 is 10.1 Å². The van der Waals surface area contributed by atoms with Crippen LogP contribution in [0.25, 0.3) is 0 Å². The molecule has 1 amide bonds. The molecular formula is C8H9BrN2O3S. The van der Waals surface area contributed by atoms with Gasteiger partial charge in [-0.3, -0.25) is 9.59 Å². The zero-order valence-corrected chi connectivity index (χ0v) is 10.4. The summed E-state index contributed by atoms with van der Waals surface area (Å²) < 4.78 is 4.50. The number of thiazole rings is 1. The molecule has 82 valence electrons. The number of hydrogen-bond donors (Lipinski definition) is 1. The van der Waals surface area contributed by atoms with E-state index >= 15 is 0 Å². The Kier molecular flexibility index (Phi) is 4.70. The van der Waals surface area contributed by atoms with Crippen molar-refractivity contribution in [3.8, 4) is 0 Å². The predicted molar refractivity (Wildman–Crippen MR) is 60.3 cm³/mol. The molecule has 1 heterocycles. The lowest BCUT2D eigenvalue weighted by Gasteiger charge is -1.96. The maximum absolute atomic E-state index is 11.0. The van der Waals surface area contributed by atoms with Gasteiger partial charge in [-0.25, -0.2) is 4.98 Å². The smallest absolute Gasteiger partial charge is 0.311 e. The highest BCUT2D eigenvalue weighted by molar-refractivity contribution is 9.09. The van der Waals surface area contributed by atoms with E-state index in [1.807, 2.05) is 0 Å². The molecule has 0 unspecified atom stereocenters. The molecule has 1 aromatic rings.